The minimum atomic E-state index is -0.405. The summed E-state index contributed by atoms with van der Waals surface area (Å²) in [5.74, 6) is -0.0301. The lowest BCUT2D eigenvalue weighted by molar-refractivity contribution is -0.131. The zero-order valence-corrected chi connectivity index (χ0v) is 11.6. The highest BCUT2D eigenvalue weighted by molar-refractivity contribution is 6.30. The highest BCUT2D eigenvalue weighted by atomic mass is 35.5. The van der Waals surface area contributed by atoms with Crippen molar-refractivity contribution < 1.29 is 4.79 Å². The molecule has 0 fully saturated rings. The molecule has 2 N–H and O–H groups in total. The van der Waals surface area contributed by atoms with E-state index >= 15 is 0 Å². The van der Waals surface area contributed by atoms with Crippen LogP contribution in [-0.2, 0) is 11.3 Å². The van der Waals surface area contributed by atoms with Crippen LogP contribution >= 0.6 is 24.0 Å². The summed E-state index contributed by atoms with van der Waals surface area (Å²) < 4.78 is 0. The minimum absolute atomic E-state index is 0. The number of nitrogens with two attached hydrogens (primary N) is 1. The Morgan fingerprint density at radius 2 is 1.94 bits per heavy atom. The first kappa shape index (κ1) is 16.2. The number of likely N-dealkylation sites (N-methyl/N-ethyl adjacent to an activating group) is 1. The molecule has 1 atom stereocenters. The van der Waals surface area contributed by atoms with Crippen LogP contribution in [0.4, 0.5) is 0 Å². The average Bonchev–Trinajstić information content (AvgIpc) is 2.30. The van der Waals surface area contributed by atoms with Gasteiger partial charge in [0.15, 0.2) is 0 Å². The topological polar surface area (TPSA) is 46.3 Å². The summed E-state index contributed by atoms with van der Waals surface area (Å²) in [5.41, 5.74) is 6.73. The van der Waals surface area contributed by atoms with E-state index in [1.807, 2.05) is 31.2 Å². The third-order valence-electron chi connectivity index (χ3n) is 2.47. The van der Waals surface area contributed by atoms with Crippen molar-refractivity contribution in [3.05, 3.63) is 34.9 Å². The molecule has 0 saturated heterocycles. The molecule has 0 aromatic heterocycles. The van der Waals surface area contributed by atoms with Crippen LogP contribution in [0.25, 0.3) is 0 Å². The van der Waals surface area contributed by atoms with Crippen molar-refractivity contribution in [2.24, 2.45) is 5.73 Å². The second-order valence-electron chi connectivity index (χ2n) is 3.84. The average molecular weight is 277 g/mol. The number of carbonyl (C=O) groups excluding carboxylic acids is 1. The van der Waals surface area contributed by atoms with Crippen LogP contribution in [0.2, 0.25) is 5.02 Å². The number of carbonyl (C=O) groups is 1. The molecule has 0 saturated carbocycles. The summed E-state index contributed by atoms with van der Waals surface area (Å²) in [6.07, 6.45) is 0.657. The van der Waals surface area contributed by atoms with E-state index in [0.717, 1.165) is 5.56 Å². The summed E-state index contributed by atoms with van der Waals surface area (Å²) in [5, 5.41) is 0.697. The molecule has 0 aliphatic heterocycles. The number of hydrogen-bond acceptors (Lipinski definition) is 2. The van der Waals surface area contributed by atoms with Crippen molar-refractivity contribution >= 4 is 29.9 Å². The number of benzene rings is 1. The first-order valence-corrected chi connectivity index (χ1v) is 5.67. The Labute approximate surface area is 113 Å². The molecular weight excluding hydrogens is 259 g/mol. The van der Waals surface area contributed by atoms with E-state index in [9.17, 15) is 4.79 Å². The van der Waals surface area contributed by atoms with Crippen LogP contribution in [0.5, 0.6) is 0 Å². The van der Waals surface area contributed by atoms with Gasteiger partial charge in [-0.25, -0.2) is 0 Å². The molecule has 3 nitrogen and oxygen atoms in total. The van der Waals surface area contributed by atoms with Crippen LogP contribution < -0.4 is 5.73 Å². The second-order valence-corrected chi connectivity index (χ2v) is 4.27. The fourth-order valence-electron chi connectivity index (χ4n) is 1.40. The zero-order chi connectivity index (χ0) is 12.1. The van der Waals surface area contributed by atoms with Gasteiger partial charge in [-0.1, -0.05) is 30.7 Å². The second kappa shape index (κ2) is 7.54. The molecule has 96 valence electrons. The Hall–Kier alpha value is -0.770. The number of hydrogen-bond donors (Lipinski definition) is 1. The van der Waals surface area contributed by atoms with Crippen molar-refractivity contribution in [3.8, 4) is 0 Å². The smallest absolute Gasteiger partial charge is 0.239 e. The molecule has 0 aliphatic carbocycles. The van der Waals surface area contributed by atoms with E-state index in [2.05, 4.69) is 0 Å². The molecule has 0 heterocycles. The third-order valence-corrected chi connectivity index (χ3v) is 2.72. The van der Waals surface area contributed by atoms with E-state index in [-0.39, 0.29) is 18.3 Å². The lowest BCUT2D eigenvalue weighted by atomic mass is 10.2. The van der Waals surface area contributed by atoms with Gasteiger partial charge in [-0.3, -0.25) is 4.79 Å². The molecule has 17 heavy (non-hydrogen) atoms. The maximum absolute atomic E-state index is 11.7. The van der Waals surface area contributed by atoms with Crippen LogP contribution in [0.15, 0.2) is 24.3 Å². The molecule has 1 rings (SSSR count). The zero-order valence-electron chi connectivity index (χ0n) is 10.0. The standard InChI is InChI=1S/C12H17ClN2O.ClH/c1-3-11(14)12(16)15(2)8-9-4-6-10(13)7-5-9;/h4-7,11H,3,8,14H2,1-2H3;1H/t11-;/m0./s1. The fraction of sp³-hybridized carbons (Fsp3) is 0.417. The third kappa shape index (κ3) is 4.94. The van der Waals surface area contributed by atoms with Gasteiger partial charge in [0.1, 0.15) is 0 Å². The molecule has 0 spiro atoms. The van der Waals surface area contributed by atoms with E-state index < -0.39 is 6.04 Å². The van der Waals surface area contributed by atoms with Gasteiger partial charge in [-0.05, 0) is 24.1 Å². The Balaban J connectivity index is 0.00000256. The Kier molecular flexibility index (Phi) is 7.19. The van der Waals surface area contributed by atoms with Crippen LogP contribution in [-0.4, -0.2) is 23.9 Å². The quantitative estimate of drug-likeness (QED) is 0.918. The summed E-state index contributed by atoms with van der Waals surface area (Å²) in [4.78, 5) is 13.4. The van der Waals surface area contributed by atoms with Gasteiger partial charge in [-0.2, -0.15) is 0 Å². The number of rotatable bonds is 4. The minimum Gasteiger partial charge on any atom is -0.340 e. The number of nitrogens with zero attached hydrogens (tertiary/aromatic N) is 1. The summed E-state index contributed by atoms with van der Waals surface area (Å²) in [6, 6.07) is 7.04. The molecule has 1 aromatic carbocycles. The highest BCUT2D eigenvalue weighted by Gasteiger charge is 2.15. The van der Waals surface area contributed by atoms with E-state index in [1.165, 1.54) is 0 Å². The largest absolute Gasteiger partial charge is 0.340 e. The van der Waals surface area contributed by atoms with Gasteiger partial charge in [0, 0.05) is 18.6 Å². The number of amides is 1. The predicted molar refractivity (Wildman–Crippen MR) is 73.4 cm³/mol. The summed E-state index contributed by atoms with van der Waals surface area (Å²) in [6.45, 7) is 2.46. The normalized spacial score (nSPS) is 11.5. The van der Waals surface area contributed by atoms with Crippen LogP contribution in [0.3, 0.4) is 0 Å². The van der Waals surface area contributed by atoms with Crippen molar-refractivity contribution in [3.63, 3.8) is 0 Å². The lowest BCUT2D eigenvalue weighted by Crippen LogP contribution is -2.40. The molecule has 1 amide bonds. The van der Waals surface area contributed by atoms with Crippen molar-refractivity contribution in [2.75, 3.05) is 7.05 Å². The lowest BCUT2D eigenvalue weighted by Gasteiger charge is -2.20. The van der Waals surface area contributed by atoms with Crippen molar-refractivity contribution in [2.45, 2.75) is 25.9 Å². The van der Waals surface area contributed by atoms with E-state index in [4.69, 9.17) is 17.3 Å². The highest BCUT2D eigenvalue weighted by Crippen LogP contribution is 2.11. The van der Waals surface area contributed by atoms with Crippen molar-refractivity contribution in [1.29, 1.82) is 0 Å². The molecule has 5 heteroatoms. The maximum Gasteiger partial charge on any atom is 0.239 e. The molecule has 0 unspecified atom stereocenters. The van der Waals surface area contributed by atoms with Gasteiger partial charge in [0.25, 0.3) is 0 Å². The van der Waals surface area contributed by atoms with Gasteiger partial charge in [-0.15, -0.1) is 12.4 Å². The first-order chi connectivity index (χ1) is 7.54. The monoisotopic (exact) mass is 276 g/mol. The fourth-order valence-corrected chi connectivity index (χ4v) is 1.53. The van der Waals surface area contributed by atoms with E-state index in [1.54, 1.807) is 11.9 Å². The van der Waals surface area contributed by atoms with Gasteiger partial charge < -0.3 is 10.6 Å². The molecular formula is C12H18Cl2N2O. The van der Waals surface area contributed by atoms with Crippen molar-refractivity contribution in [1.82, 2.24) is 4.90 Å². The predicted octanol–water partition coefficient (Wildman–Crippen LogP) is 2.46. The van der Waals surface area contributed by atoms with Gasteiger partial charge in [0.2, 0.25) is 5.91 Å². The van der Waals surface area contributed by atoms with Gasteiger partial charge in [0.05, 0.1) is 6.04 Å². The first-order valence-electron chi connectivity index (χ1n) is 5.29. The van der Waals surface area contributed by atoms with Crippen LogP contribution in [0.1, 0.15) is 18.9 Å². The Bertz CT molecular complexity index is 354. The Morgan fingerprint density at radius 1 is 1.41 bits per heavy atom. The number of halogens is 2. The van der Waals surface area contributed by atoms with E-state index in [0.29, 0.717) is 18.0 Å². The Morgan fingerprint density at radius 3 is 2.41 bits per heavy atom. The molecule has 0 radical (unpaired) electrons. The van der Waals surface area contributed by atoms with Gasteiger partial charge >= 0.3 is 0 Å². The molecule has 1 aromatic rings. The molecule has 0 bridgehead atoms. The van der Waals surface area contributed by atoms with Crippen LogP contribution in [0, 0.1) is 0 Å². The maximum atomic E-state index is 11.7. The summed E-state index contributed by atoms with van der Waals surface area (Å²) in [7, 11) is 1.76. The molecule has 0 aliphatic rings. The summed E-state index contributed by atoms with van der Waals surface area (Å²) >= 11 is 5.78. The SMILES string of the molecule is CC[C@H](N)C(=O)N(C)Cc1ccc(Cl)cc1.Cl.